The van der Waals surface area contributed by atoms with Crippen molar-refractivity contribution in [3.8, 4) is 16.2 Å². The van der Waals surface area contributed by atoms with Gasteiger partial charge in [-0.3, -0.25) is 15.1 Å². The van der Waals surface area contributed by atoms with E-state index in [1.54, 1.807) is 26.8 Å². The van der Waals surface area contributed by atoms with Crippen molar-refractivity contribution in [2.45, 2.75) is 39.7 Å². The second-order valence-electron chi connectivity index (χ2n) is 6.88. The quantitative estimate of drug-likeness (QED) is 0.438. The highest BCUT2D eigenvalue weighted by Gasteiger charge is 2.31. The molecule has 164 valence electrons. The number of ether oxygens (including phenoxy) is 1. The normalized spacial score (nSPS) is 11.5. The third kappa shape index (κ3) is 5.19. The van der Waals surface area contributed by atoms with Crippen LogP contribution in [0.15, 0.2) is 30.7 Å². The van der Waals surface area contributed by atoms with Crippen molar-refractivity contribution in [2.75, 3.05) is 5.32 Å². The topological polar surface area (TPSA) is 64.1 Å². The molecule has 0 aliphatic carbocycles. The van der Waals surface area contributed by atoms with Crippen molar-refractivity contribution < 1.29 is 27.1 Å². The third-order valence-electron chi connectivity index (χ3n) is 4.39. The summed E-state index contributed by atoms with van der Waals surface area (Å²) in [6.07, 6.45) is -0.536. The van der Waals surface area contributed by atoms with E-state index in [2.05, 4.69) is 15.3 Å². The molecule has 1 aromatic carbocycles. The van der Waals surface area contributed by atoms with Gasteiger partial charge in [0, 0.05) is 6.20 Å². The number of amides is 1. The summed E-state index contributed by atoms with van der Waals surface area (Å²) in [5.41, 5.74) is 1.16. The molecule has 3 rings (SSSR count). The molecule has 3 aromatic rings. The molecule has 1 amide bonds. The fraction of sp³-hybridized carbons (Fsp3) is 0.286. The van der Waals surface area contributed by atoms with E-state index in [9.17, 15) is 22.4 Å². The number of pyridine rings is 1. The van der Waals surface area contributed by atoms with Gasteiger partial charge in [-0.05, 0) is 43.0 Å². The lowest BCUT2D eigenvalue weighted by atomic mass is 10.0. The summed E-state index contributed by atoms with van der Waals surface area (Å²) in [5, 5.41) is 2.43. The Morgan fingerprint density at radius 3 is 2.45 bits per heavy atom. The highest BCUT2D eigenvalue weighted by molar-refractivity contribution is 7.19. The average molecular weight is 453 g/mol. The number of benzene rings is 1. The van der Waals surface area contributed by atoms with E-state index in [-0.39, 0.29) is 17.3 Å². The highest BCUT2D eigenvalue weighted by atomic mass is 32.1. The molecule has 0 saturated heterocycles. The largest absolute Gasteiger partial charge is 0.432 e. The van der Waals surface area contributed by atoms with Crippen LogP contribution < -0.4 is 10.1 Å². The van der Waals surface area contributed by atoms with Crippen molar-refractivity contribution in [3.63, 3.8) is 0 Å². The average Bonchev–Trinajstić information content (AvgIpc) is 3.11. The number of rotatable bonds is 7. The maximum absolute atomic E-state index is 14.0. The van der Waals surface area contributed by atoms with Gasteiger partial charge >= 0.3 is 6.11 Å². The summed E-state index contributed by atoms with van der Waals surface area (Å²) < 4.78 is 60.3. The number of hydrogen-bond donors (Lipinski definition) is 1. The van der Waals surface area contributed by atoms with Gasteiger partial charge in [-0.1, -0.05) is 24.3 Å². The predicted molar refractivity (Wildman–Crippen MR) is 110 cm³/mol. The Kier molecular flexibility index (Phi) is 6.59. The number of aromatic nitrogens is 2. The van der Waals surface area contributed by atoms with Crippen LogP contribution in [0.2, 0.25) is 0 Å². The number of nitrogens with zero attached hydrogens (tertiary/aromatic N) is 2. The summed E-state index contributed by atoms with van der Waals surface area (Å²) in [7, 11) is 0. The fourth-order valence-corrected chi connectivity index (χ4v) is 3.85. The molecule has 2 heterocycles. The first-order valence-electron chi connectivity index (χ1n) is 9.36. The molecule has 0 bridgehead atoms. The van der Waals surface area contributed by atoms with Gasteiger partial charge in [-0.15, -0.1) is 0 Å². The lowest BCUT2D eigenvalue weighted by Crippen LogP contribution is -2.24. The van der Waals surface area contributed by atoms with Crippen LogP contribution in [-0.4, -0.2) is 22.0 Å². The van der Waals surface area contributed by atoms with Crippen LogP contribution in [0, 0.1) is 25.5 Å². The van der Waals surface area contributed by atoms with Crippen molar-refractivity contribution in [3.05, 3.63) is 59.0 Å². The highest BCUT2D eigenvalue weighted by Crippen LogP contribution is 2.37. The van der Waals surface area contributed by atoms with Crippen molar-refractivity contribution in [1.29, 1.82) is 0 Å². The summed E-state index contributed by atoms with van der Waals surface area (Å²) in [6, 6.07) is 3.21. The number of halogens is 4. The van der Waals surface area contributed by atoms with Crippen molar-refractivity contribution in [2.24, 2.45) is 0 Å². The van der Waals surface area contributed by atoms with Gasteiger partial charge < -0.3 is 4.74 Å². The Labute approximate surface area is 180 Å². The number of anilines is 1. The van der Waals surface area contributed by atoms with Gasteiger partial charge in [-0.25, -0.2) is 13.8 Å². The molecule has 1 N–H and O–H groups in total. The maximum Gasteiger partial charge on any atom is 0.397 e. The Morgan fingerprint density at radius 1 is 1.13 bits per heavy atom. The second-order valence-corrected chi connectivity index (χ2v) is 7.91. The molecule has 2 aromatic heterocycles. The lowest BCUT2D eigenvalue weighted by molar-refractivity contribution is -0.180. The smallest absolute Gasteiger partial charge is 0.397 e. The van der Waals surface area contributed by atoms with Gasteiger partial charge in [0.05, 0.1) is 23.7 Å². The first-order chi connectivity index (χ1) is 14.6. The number of thiazole rings is 1. The zero-order valence-corrected chi connectivity index (χ0v) is 17.7. The Bertz CT molecular complexity index is 1100. The number of alkyl halides is 2. The molecule has 0 unspecified atom stereocenters. The number of hydrogen-bond acceptors (Lipinski definition) is 5. The Balaban J connectivity index is 1.86. The molecule has 0 fully saturated rings. The zero-order chi connectivity index (χ0) is 22.8. The summed E-state index contributed by atoms with van der Waals surface area (Å²) in [4.78, 5) is 20.2. The van der Waals surface area contributed by atoms with Gasteiger partial charge in [0.15, 0.2) is 16.8 Å². The molecule has 31 heavy (non-hydrogen) atoms. The summed E-state index contributed by atoms with van der Waals surface area (Å²) in [5.74, 6) is -3.17. The van der Waals surface area contributed by atoms with Crippen LogP contribution in [-0.2, 0) is 0 Å². The molecular formula is C21H19F4N3O2S. The number of nitrogens with one attached hydrogen (secondary N) is 1. The minimum Gasteiger partial charge on any atom is -0.432 e. The molecule has 0 saturated carbocycles. The molecule has 0 radical (unpaired) electrons. The lowest BCUT2D eigenvalue weighted by Gasteiger charge is -2.20. The van der Waals surface area contributed by atoms with E-state index < -0.39 is 35.6 Å². The van der Waals surface area contributed by atoms with E-state index in [1.807, 2.05) is 0 Å². The van der Waals surface area contributed by atoms with Crippen LogP contribution in [0.4, 0.5) is 22.7 Å². The zero-order valence-electron chi connectivity index (χ0n) is 16.9. The SMILES string of the molecule is CCCC(F)(F)Oc1cc(-c2cnc(NC(=O)c3c(F)cncc3F)s2)c(C)cc1C. The third-order valence-corrected chi connectivity index (χ3v) is 5.34. The minimum absolute atomic E-state index is 0.0407. The minimum atomic E-state index is -3.29. The molecule has 0 aliphatic rings. The first kappa shape index (κ1) is 22.7. The van der Waals surface area contributed by atoms with Gasteiger partial charge in [0.25, 0.3) is 5.91 Å². The van der Waals surface area contributed by atoms with Crippen LogP contribution in [0.3, 0.4) is 0 Å². The summed E-state index contributed by atoms with van der Waals surface area (Å²) in [6.45, 7) is 5.11. The van der Waals surface area contributed by atoms with E-state index >= 15 is 0 Å². The van der Waals surface area contributed by atoms with E-state index in [0.29, 0.717) is 16.0 Å². The standard InChI is InChI=1S/C21H19F4N3O2S/c1-4-5-21(24,25)30-16-7-13(11(2)6-12(16)3)17-10-27-20(31-17)28-19(29)18-14(22)8-26-9-15(18)23/h6-10H,4-5H2,1-3H3,(H,27,28,29). The van der Waals surface area contributed by atoms with Crippen LogP contribution in [0.1, 0.15) is 41.3 Å². The second kappa shape index (κ2) is 9.01. The number of aryl methyl sites for hydroxylation is 2. The van der Waals surface area contributed by atoms with Crippen LogP contribution in [0.5, 0.6) is 5.75 Å². The molecular weight excluding hydrogens is 434 g/mol. The van der Waals surface area contributed by atoms with Gasteiger partial charge in [0.2, 0.25) is 0 Å². The molecule has 5 nitrogen and oxygen atoms in total. The van der Waals surface area contributed by atoms with Gasteiger partial charge in [-0.2, -0.15) is 8.78 Å². The van der Waals surface area contributed by atoms with Gasteiger partial charge in [0.1, 0.15) is 11.3 Å². The molecule has 0 spiro atoms. The van der Waals surface area contributed by atoms with Crippen molar-refractivity contribution >= 4 is 22.4 Å². The molecule has 0 atom stereocenters. The van der Waals surface area contributed by atoms with Crippen LogP contribution in [0.25, 0.3) is 10.4 Å². The maximum atomic E-state index is 14.0. The molecule has 0 aliphatic heterocycles. The summed E-state index contributed by atoms with van der Waals surface area (Å²) >= 11 is 1.03. The number of carbonyl (C=O) groups is 1. The van der Waals surface area contributed by atoms with E-state index in [1.165, 1.54) is 12.3 Å². The first-order valence-corrected chi connectivity index (χ1v) is 10.2. The predicted octanol–water partition coefficient (Wildman–Crippen LogP) is 6.12. The monoisotopic (exact) mass is 453 g/mol. The van der Waals surface area contributed by atoms with Crippen molar-refractivity contribution in [1.82, 2.24) is 9.97 Å². The molecule has 10 heteroatoms. The van der Waals surface area contributed by atoms with E-state index in [4.69, 9.17) is 4.74 Å². The fourth-order valence-electron chi connectivity index (χ4n) is 2.96. The Morgan fingerprint density at radius 2 is 1.81 bits per heavy atom. The number of carbonyl (C=O) groups excluding carboxylic acids is 1. The Hall–Kier alpha value is -3.01. The van der Waals surface area contributed by atoms with Crippen LogP contribution >= 0.6 is 11.3 Å². The van der Waals surface area contributed by atoms with E-state index in [0.717, 1.165) is 29.3 Å².